The Kier molecular flexibility index (Phi) is 7.09. The maximum atomic E-state index is 13.0. The Labute approximate surface area is 189 Å². The summed E-state index contributed by atoms with van der Waals surface area (Å²) in [6.45, 7) is 0.839. The predicted molar refractivity (Wildman–Crippen MR) is 122 cm³/mol. The second-order valence-electron chi connectivity index (χ2n) is 8.97. The molecule has 5 N–H and O–H groups in total. The Morgan fingerprint density at radius 2 is 1.88 bits per heavy atom. The molecule has 0 aromatic heterocycles. The van der Waals surface area contributed by atoms with Crippen LogP contribution in [0.25, 0.3) is 0 Å². The number of benzene rings is 1. The summed E-state index contributed by atoms with van der Waals surface area (Å²) in [5, 5.41) is 20.2. The quantitative estimate of drug-likeness (QED) is 0.299. The maximum absolute atomic E-state index is 13.0. The van der Waals surface area contributed by atoms with Crippen molar-refractivity contribution < 1.29 is 14.3 Å². The molecular weight excluding hydrogens is 406 g/mol. The molecule has 0 saturated heterocycles. The topological polar surface area (TPSA) is 115 Å². The lowest BCUT2D eigenvalue weighted by molar-refractivity contribution is -0.150. The number of amidine groups is 1. The molecule has 1 unspecified atom stereocenters. The van der Waals surface area contributed by atoms with Gasteiger partial charge < -0.3 is 26.0 Å². The van der Waals surface area contributed by atoms with E-state index < -0.39 is 11.9 Å². The number of carbonyl (C=O) groups is 2. The van der Waals surface area contributed by atoms with Crippen molar-refractivity contribution in [2.24, 2.45) is 5.92 Å². The molecule has 8 heteroatoms. The molecule has 32 heavy (non-hydrogen) atoms. The maximum Gasteiger partial charge on any atom is 0.252 e. The van der Waals surface area contributed by atoms with Crippen molar-refractivity contribution in [2.45, 2.75) is 63.3 Å². The highest BCUT2D eigenvalue weighted by Gasteiger charge is 2.41. The van der Waals surface area contributed by atoms with Gasteiger partial charge in [0.05, 0.1) is 6.61 Å². The van der Waals surface area contributed by atoms with Crippen molar-refractivity contribution in [3.63, 3.8) is 0 Å². The third-order valence-electron chi connectivity index (χ3n) is 6.39. The van der Waals surface area contributed by atoms with Crippen LogP contribution in [0.5, 0.6) is 0 Å². The minimum absolute atomic E-state index is 0.0285. The molecule has 1 aromatic rings. The fourth-order valence-corrected chi connectivity index (χ4v) is 4.33. The number of carbonyl (C=O) groups excluding carboxylic acids is 2. The molecule has 1 atom stereocenters. The molecular formula is C24H33N5O3. The summed E-state index contributed by atoms with van der Waals surface area (Å²) in [6.07, 6.45) is 8.83. The highest BCUT2D eigenvalue weighted by atomic mass is 16.5. The first-order chi connectivity index (χ1) is 15.5. The van der Waals surface area contributed by atoms with Crippen molar-refractivity contribution >= 4 is 17.6 Å². The van der Waals surface area contributed by atoms with Crippen LogP contribution in [0.3, 0.4) is 0 Å². The van der Waals surface area contributed by atoms with Crippen LogP contribution in [0.2, 0.25) is 0 Å². The molecule has 172 valence electrons. The Morgan fingerprint density at radius 1 is 1.12 bits per heavy atom. The van der Waals surface area contributed by atoms with Gasteiger partial charge in [-0.05, 0) is 25.2 Å². The second-order valence-corrected chi connectivity index (χ2v) is 8.97. The van der Waals surface area contributed by atoms with E-state index >= 15 is 0 Å². The molecule has 1 heterocycles. The van der Waals surface area contributed by atoms with Crippen LogP contribution in [0, 0.1) is 11.3 Å². The van der Waals surface area contributed by atoms with E-state index in [4.69, 9.17) is 10.1 Å². The van der Waals surface area contributed by atoms with Gasteiger partial charge in [-0.3, -0.25) is 15.0 Å². The van der Waals surface area contributed by atoms with Gasteiger partial charge in [-0.1, -0.05) is 62.4 Å². The molecule has 0 spiro atoms. The fourth-order valence-electron chi connectivity index (χ4n) is 4.33. The van der Waals surface area contributed by atoms with Crippen LogP contribution < -0.4 is 21.3 Å². The zero-order chi connectivity index (χ0) is 22.4. The monoisotopic (exact) mass is 439 g/mol. The normalized spacial score (nSPS) is 22.2. The minimum atomic E-state index is -0.835. The highest BCUT2D eigenvalue weighted by Crippen LogP contribution is 2.34. The number of hydrogen-bond donors (Lipinski definition) is 5. The first-order valence-electron chi connectivity index (χ1n) is 11.6. The van der Waals surface area contributed by atoms with Gasteiger partial charge in [0, 0.05) is 23.9 Å². The van der Waals surface area contributed by atoms with Gasteiger partial charge in [-0.25, -0.2) is 0 Å². The van der Waals surface area contributed by atoms with Crippen LogP contribution in [0.15, 0.2) is 42.1 Å². The third-order valence-corrected chi connectivity index (χ3v) is 6.39. The first-order valence-corrected chi connectivity index (χ1v) is 11.6. The van der Waals surface area contributed by atoms with Crippen molar-refractivity contribution in [2.75, 3.05) is 13.2 Å². The van der Waals surface area contributed by atoms with E-state index in [2.05, 4.69) is 21.3 Å². The summed E-state index contributed by atoms with van der Waals surface area (Å²) in [7, 11) is 0. The second kappa shape index (κ2) is 10.2. The van der Waals surface area contributed by atoms with Gasteiger partial charge in [-0.15, -0.1) is 0 Å². The molecule has 0 radical (unpaired) electrons. The van der Waals surface area contributed by atoms with Gasteiger partial charge in [-0.2, -0.15) is 0 Å². The molecule has 2 amide bonds. The van der Waals surface area contributed by atoms with Crippen LogP contribution in [0.1, 0.15) is 56.9 Å². The molecule has 1 aromatic carbocycles. The van der Waals surface area contributed by atoms with E-state index in [9.17, 15) is 9.59 Å². The Morgan fingerprint density at radius 3 is 2.59 bits per heavy atom. The van der Waals surface area contributed by atoms with Crippen molar-refractivity contribution in [3.8, 4) is 0 Å². The summed E-state index contributed by atoms with van der Waals surface area (Å²) in [4.78, 5) is 25.2. The zero-order valence-corrected chi connectivity index (χ0v) is 18.4. The molecule has 2 aliphatic carbocycles. The van der Waals surface area contributed by atoms with E-state index in [1.807, 2.05) is 30.3 Å². The first kappa shape index (κ1) is 22.3. The predicted octanol–water partition coefficient (Wildman–Crippen LogP) is 2.12. The lowest BCUT2D eigenvalue weighted by atomic mass is 9.83. The van der Waals surface area contributed by atoms with Crippen LogP contribution in [-0.4, -0.2) is 42.7 Å². The molecule has 0 bridgehead atoms. The van der Waals surface area contributed by atoms with Gasteiger partial charge in [0.1, 0.15) is 11.4 Å². The minimum Gasteiger partial charge on any atom is -0.359 e. The summed E-state index contributed by atoms with van der Waals surface area (Å²) >= 11 is 0. The smallest absolute Gasteiger partial charge is 0.252 e. The van der Waals surface area contributed by atoms with E-state index in [1.165, 1.54) is 18.9 Å². The van der Waals surface area contributed by atoms with Crippen molar-refractivity contribution in [1.82, 2.24) is 21.3 Å². The van der Waals surface area contributed by atoms with Crippen molar-refractivity contribution in [3.05, 3.63) is 47.7 Å². The summed E-state index contributed by atoms with van der Waals surface area (Å²) in [5.74, 6) is 0.670. The number of amides is 2. The number of rotatable bonds is 9. The standard InChI is InChI=1S/C24H33N5O3/c25-21(18-7-3-1-4-8-18)29-23-27-19(15-20(30)28-23)16-32-24(12-5-2-6-13-24)22(31)26-14-11-17-9-10-17/h1,3-4,7-8,15,17,23,27H,2,5-6,9-14,16H2,(H2,25,29)(H,26,31)(H,28,30). The van der Waals surface area contributed by atoms with Gasteiger partial charge in [0.2, 0.25) is 5.91 Å². The van der Waals surface area contributed by atoms with Crippen LogP contribution >= 0.6 is 0 Å². The number of nitrogens with one attached hydrogen (secondary N) is 5. The average molecular weight is 440 g/mol. The number of hydrogen-bond acceptors (Lipinski definition) is 5. The van der Waals surface area contributed by atoms with Gasteiger partial charge >= 0.3 is 0 Å². The number of ether oxygens (including phenoxy) is 1. The lowest BCUT2D eigenvalue weighted by Crippen LogP contribution is -2.59. The summed E-state index contributed by atoms with van der Waals surface area (Å²) in [5.41, 5.74) is 0.473. The van der Waals surface area contributed by atoms with E-state index in [0.29, 0.717) is 25.1 Å². The van der Waals surface area contributed by atoms with Crippen LogP contribution in [0.4, 0.5) is 0 Å². The average Bonchev–Trinajstić information content (AvgIpc) is 3.63. The van der Waals surface area contributed by atoms with Gasteiger partial charge in [0.15, 0.2) is 6.29 Å². The lowest BCUT2D eigenvalue weighted by Gasteiger charge is -2.37. The molecule has 1 aliphatic heterocycles. The summed E-state index contributed by atoms with van der Waals surface area (Å²) < 4.78 is 6.23. The SMILES string of the molecule is N=C(NC1NC(=O)C=C(COC2(C(=O)NCCC3CC3)CCCCC2)N1)c1ccccc1. The molecule has 4 rings (SSSR count). The zero-order valence-electron chi connectivity index (χ0n) is 18.4. The van der Waals surface area contributed by atoms with E-state index in [-0.39, 0.29) is 24.3 Å². The summed E-state index contributed by atoms with van der Waals surface area (Å²) in [6, 6.07) is 9.26. The molecule has 3 aliphatic rings. The van der Waals surface area contributed by atoms with E-state index in [0.717, 1.165) is 37.2 Å². The largest absolute Gasteiger partial charge is 0.359 e. The van der Waals surface area contributed by atoms with Crippen molar-refractivity contribution in [1.29, 1.82) is 5.41 Å². The third kappa shape index (κ3) is 5.88. The molecule has 8 nitrogen and oxygen atoms in total. The van der Waals surface area contributed by atoms with E-state index in [1.54, 1.807) is 0 Å². The molecule has 2 saturated carbocycles. The fraction of sp³-hybridized carbons (Fsp3) is 0.542. The Hall–Kier alpha value is -2.87. The Bertz CT molecular complexity index is 860. The Balaban J connectivity index is 1.34. The van der Waals surface area contributed by atoms with Crippen LogP contribution in [-0.2, 0) is 14.3 Å². The molecule has 2 fully saturated rings. The van der Waals surface area contributed by atoms with Gasteiger partial charge in [0.25, 0.3) is 5.91 Å². The highest BCUT2D eigenvalue weighted by molar-refractivity contribution is 5.97.